The van der Waals surface area contributed by atoms with Gasteiger partial charge in [0, 0.05) is 26.2 Å². The van der Waals surface area contributed by atoms with Crippen LogP contribution in [0.2, 0.25) is 0 Å². The summed E-state index contributed by atoms with van der Waals surface area (Å²) < 4.78 is 20.8. The van der Waals surface area contributed by atoms with E-state index in [1.807, 2.05) is 0 Å². The highest BCUT2D eigenvalue weighted by molar-refractivity contribution is 5.83. The normalized spacial score (nSPS) is 36.2. The van der Waals surface area contributed by atoms with Crippen molar-refractivity contribution in [1.82, 2.24) is 31.1 Å². The van der Waals surface area contributed by atoms with E-state index in [1.54, 1.807) is 0 Å². The van der Waals surface area contributed by atoms with Gasteiger partial charge in [0.1, 0.15) is 79.4 Å². The van der Waals surface area contributed by atoms with E-state index in [2.05, 4.69) is 31.1 Å². The minimum atomic E-state index is -1.90. The number of aliphatic hydroxyl groups excluding tert-OH is 14. The highest BCUT2D eigenvalue weighted by Gasteiger charge is 2.48. The van der Waals surface area contributed by atoms with Crippen molar-refractivity contribution in [3.05, 3.63) is 0 Å². The lowest BCUT2D eigenvalue weighted by atomic mass is 9.95. The Kier molecular flexibility index (Phi) is 24.6. The van der Waals surface area contributed by atoms with Gasteiger partial charge in [-0.1, -0.05) is 0 Å². The van der Waals surface area contributed by atoms with Crippen LogP contribution in [0.5, 0.6) is 0 Å². The third-order valence-corrected chi connectivity index (χ3v) is 12.5. The second-order valence-corrected chi connectivity index (χ2v) is 17.7. The summed E-state index contributed by atoms with van der Waals surface area (Å²) in [5.41, 5.74) is 0. The maximum atomic E-state index is 12.9. The molecule has 4 fully saturated rings. The Morgan fingerprint density at radius 2 is 0.710 bits per heavy atom. The van der Waals surface area contributed by atoms with Gasteiger partial charge < -0.3 is 122 Å². The van der Waals surface area contributed by atoms with Gasteiger partial charge in [-0.25, -0.2) is 0 Å². The zero-order valence-corrected chi connectivity index (χ0v) is 38.2. The molecule has 69 heavy (non-hydrogen) atoms. The van der Waals surface area contributed by atoms with E-state index >= 15 is 0 Å². The van der Waals surface area contributed by atoms with Crippen LogP contribution in [-0.4, -0.2) is 300 Å². The van der Waals surface area contributed by atoms with Gasteiger partial charge in [0.15, 0.2) is 30.7 Å². The lowest BCUT2D eigenvalue weighted by Crippen LogP contribution is -2.62. The Balaban J connectivity index is 1.31. The molecular weight excluding hydrogens is 928 g/mol. The van der Waals surface area contributed by atoms with Gasteiger partial charge in [-0.3, -0.25) is 19.2 Å². The summed E-state index contributed by atoms with van der Waals surface area (Å²) in [5, 5.41) is 150. The fourth-order valence-corrected chi connectivity index (χ4v) is 8.27. The van der Waals surface area contributed by atoms with Crippen LogP contribution >= 0.6 is 0 Å². The van der Waals surface area contributed by atoms with Crippen LogP contribution in [0.3, 0.4) is 0 Å². The van der Waals surface area contributed by atoms with E-state index in [4.69, 9.17) is 18.9 Å². The molecule has 4 amide bonds. The van der Waals surface area contributed by atoms with Gasteiger partial charge in [0.05, 0.1) is 19.8 Å². The maximum Gasteiger partial charge on any atom is 0.252 e. The Labute approximate surface area is 397 Å². The predicted octanol–water partition coefficient (Wildman–Crippen LogP) is -11.0. The van der Waals surface area contributed by atoms with Crippen molar-refractivity contribution in [2.24, 2.45) is 0 Å². The SMILES string of the molecule is O=C(NCCCN(CCCCN(CCCNC(=O)C1OCC(O)C(O)C1O)CCCNC(=O)C1OC(CO)C(O)C(O)C1O)CCCNC(=O)C1OC(O)C(O)C(O)C1O)C1OCC(O)C(O)C1O. The minimum absolute atomic E-state index is 0.0874. The summed E-state index contributed by atoms with van der Waals surface area (Å²) in [6.07, 6.45) is -25.9. The highest BCUT2D eigenvalue weighted by atomic mass is 16.6. The third-order valence-electron chi connectivity index (χ3n) is 12.5. The second-order valence-electron chi connectivity index (χ2n) is 17.7. The van der Waals surface area contributed by atoms with Crippen molar-refractivity contribution in [1.29, 1.82) is 0 Å². The fourth-order valence-electron chi connectivity index (χ4n) is 8.27. The summed E-state index contributed by atoms with van der Waals surface area (Å²) in [5.74, 6) is -2.94. The number of amides is 4. The van der Waals surface area contributed by atoms with Gasteiger partial charge in [0.25, 0.3) is 23.6 Å². The van der Waals surface area contributed by atoms with Gasteiger partial charge in [-0.05, 0) is 77.8 Å². The molecule has 4 aliphatic rings. The topological polar surface area (TPSA) is 443 Å². The molecule has 18 atom stereocenters. The first-order valence-electron chi connectivity index (χ1n) is 23.3. The maximum absolute atomic E-state index is 12.9. The van der Waals surface area contributed by atoms with E-state index in [9.17, 15) is 90.7 Å². The average Bonchev–Trinajstić information content (AvgIpc) is 3.33. The number of rotatable bonds is 26. The van der Waals surface area contributed by atoms with Crippen molar-refractivity contribution < 1.29 is 110 Å². The quantitative estimate of drug-likeness (QED) is 0.0358. The molecule has 4 rings (SSSR count). The van der Waals surface area contributed by atoms with Crippen molar-refractivity contribution >= 4 is 23.6 Å². The van der Waals surface area contributed by atoms with E-state index in [-0.39, 0.29) is 39.4 Å². The van der Waals surface area contributed by atoms with Gasteiger partial charge in [0.2, 0.25) is 0 Å². The molecule has 28 heteroatoms. The lowest BCUT2D eigenvalue weighted by Gasteiger charge is -2.39. The van der Waals surface area contributed by atoms with Gasteiger partial charge in [-0.15, -0.1) is 0 Å². The molecular formula is C41H74N6O22. The standard InChI is InChI=1S/C41H74N6O22/c48-17-22-25(53)26(54)30(58)35(68-22)39(63)44-9-5-15-46(13-3-7-42-37(61)33-28(56)23(51)20(49)18-66-33)11-1-2-12-47(14-4-8-43-38(62)34-29(57)24(52)21(50)19-67-34)16-6-10-45-40(64)36-31(59)27(55)32(60)41(65)69-36/h20-36,41,48-60,65H,1-19H2,(H,42,61)(H,43,62)(H,44,63)(H,45,64). The number of hydrogen-bond donors (Lipinski definition) is 18. The number of carbonyl (C=O) groups is 4. The number of nitrogens with zero attached hydrogens (tertiary/aromatic N) is 2. The van der Waals surface area contributed by atoms with E-state index in [1.165, 1.54) is 0 Å². The number of unbranched alkanes of at least 4 members (excludes halogenated alkanes) is 1. The van der Waals surface area contributed by atoms with Gasteiger partial charge >= 0.3 is 0 Å². The second kappa shape index (κ2) is 28.9. The summed E-state index contributed by atoms with van der Waals surface area (Å²) >= 11 is 0. The molecule has 18 N–H and O–H groups in total. The molecule has 0 aromatic rings. The Bertz CT molecular complexity index is 1580. The molecule has 4 heterocycles. The van der Waals surface area contributed by atoms with Crippen LogP contribution in [0.4, 0.5) is 0 Å². The zero-order chi connectivity index (χ0) is 50.9. The van der Waals surface area contributed by atoms with Crippen LogP contribution in [0.15, 0.2) is 0 Å². The van der Waals surface area contributed by atoms with Crippen LogP contribution in [0.25, 0.3) is 0 Å². The molecule has 0 aromatic carbocycles. The Morgan fingerprint density at radius 1 is 0.391 bits per heavy atom. The molecule has 0 bridgehead atoms. The number of carbonyl (C=O) groups excluding carboxylic acids is 4. The van der Waals surface area contributed by atoms with E-state index in [0.717, 1.165) is 0 Å². The molecule has 4 saturated heterocycles. The van der Waals surface area contributed by atoms with Crippen LogP contribution in [0, 0.1) is 0 Å². The zero-order valence-electron chi connectivity index (χ0n) is 38.2. The van der Waals surface area contributed by atoms with E-state index in [0.29, 0.717) is 77.8 Å². The summed E-state index contributed by atoms with van der Waals surface area (Å²) in [6.45, 7) is 1.91. The van der Waals surface area contributed by atoms with Gasteiger partial charge in [-0.2, -0.15) is 0 Å². The summed E-state index contributed by atoms with van der Waals surface area (Å²) in [6, 6.07) is 0. The predicted molar refractivity (Wildman–Crippen MR) is 231 cm³/mol. The summed E-state index contributed by atoms with van der Waals surface area (Å²) in [7, 11) is 0. The fraction of sp³-hybridized carbons (Fsp3) is 0.902. The Hall–Kier alpha value is -2.92. The number of ether oxygens (including phenoxy) is 4. The average molecular weight is 1000 g/mol. The van der Waals surface area contributed by atoms with Crippen molar-refractivity contribution in [2.45, 2.75) is 149 Å². The molecule has 0 radical (unpaired) electrons. The molecule has 28 nitrogen and oxygen atoms in total. The molecule has 0 aliphatic carbocycles. The van der Waals surface area contributed by atoms with Crippen LogP contribution in [0.1, 0.15) is 38.5 Å². The first kappa shape index (κ1) is 58.6. The molecule has 400 valence electrons. The smallest absolute Gasteiger partial charge is 0.252 e. The van der Waals surface area contributed by atoms with Crippen molar-refractivity contribution in [2.75, 3.05) is 85.3 Å². The number of hydrogen-bond acceptors (Lipinski definition) is 24. The minimum Gasteiger partial charge on any atom is -0.394 e. The van der Waals surface area contributed by atoms with Crippen LogP contribution < -0.4 is 21.3 Å². The first-order valence-corrected chi connectivity index (χ1v) is 23.3. The summed E-state index contributed by atoms with van der Waals surface area (Å²) in [4.78, 5) is 55.2. The Morgan fingerprint density at radius 3 is 1.09 bits per heavy atom. The van der Waals surface area contributed by atoms with Crippen LogP contribution in [-0.2, 0) is 38.1 Å². The molecule has 18 unspecified atom stereocenters. The van der Waals surface area contributed by atoms with E-state index < -0.39 is 140 Å². The molecule has 4 aliphatic heterocycles. The van der Waals surface area contributed by atoms with Crippen molar-refractivity contribution in [3.63, 3.8) is 0 Å². The lowest BCUT2D eigenvalue weighted by molar-refractivity contribution is -0.275. The molecule has 0 aromatic heterocycles. The monoisotopic (exact) mass is 1000 g/mol. The third kappa shape index (κ3) is 16.8. The number of nitrogens with one attached hydrogen (secondary N) is 4. The molecule has 0 spiro atoms. The largest absolute Gasteiger partial charge is 0.394 e. The highest BCUT2D eigenvalue weighted by Crippen LogP contribution is 2.23. The first-order chi connectivity index (χ1) is 32.8. The molecule has 0 saturated carbocycles. The number of aliphatic hydroxyl groups is 14. The van der Waals surface area contributed by atoms with Crippen molar-refractivity contribution in [3.8, 4) is 0 Å².